The molecule has 7 heteroatoms. The Morgan fingerprint density at radius 2 is 1.95 bits per heavy atom. The molecule has 0 aliphatic heterocycles. The molecule has 0 fully saturated rings. The van der Waals surface area contributed by atoms with Gasteiger partial charge in [-0.3, -0.25) is 4.57 Å². The van der Waals surface area contributed by atoms with Crippen LogP contribution in [0.4, 0.5) is 0 Å². The Morgan fingerprint density at radius 3 is 2.71 bits per heavy atom. The topological polar surface area (TPSA) is 93.4 Å². The highest BCUT2D eigenvalue weighted by Crippen LogP contribution is 2.23. The van der Waals surface area contributed by atoms with Crippen molar-refractivity contribution in [1.29, 1.82) is 0 Å². The zero-order valence-electron chi connectivity index (χ0n) is 11.1. The lowest BCUT2D eigenvalue weighted by Gasteiger charge is -1.96. The van der Waals surface area contributed by atoms with Gasteiger partial charge in [0.15, 0.2) is 12.4 Å². The van der Waals surface area contributed by atoms with Gasteiger partial charge in [-0.15, -0.1) is 0 Å². The average Bonchev–Trinajstić information content (AvgIpc) is 2.99. The molecule has 0 saturated heterocycles. The number of H-pyrrole nitrogens is 2. The van der Waals surface area contributed by atoms with Crippen molar-refractivity contribution in [3.63, 3.8) is 0 Å². The number of aromatic nitrogens is 5. The maximum atomic E-state index is 11.6. The summed E-state index contributed by atoms with van der Waals surface area (Å²) in [5.41, 5.74) is 3.84. The Hall–Kier alpha value is -3.09. The lowest BCUT2D eigenvalue weighted by Crippen LogP contribution is -2.23. The number of nitrogens with one attached hydrogen (secondary N) is 2. The summed E-state index contributed by atoms with van der Waals surface area (Å²) in [7, 11) is 1.71. The number of imidazole rings is 2. The molecule has 21 heavy (non-hydrogen) atoms. The second kappa shape index (κ2) is 3.95. The normalized spacial score (nSPS) is 11.5. The van der Waals surface area contributed by atoms with Gasteiger partial charge in [-0.1, -0.05) is 0 Å². The molecule has 0 atom stereocenters. The van der Waals surface area contributed by atoms with Gasteiger partial charge in [0.05, 0.1) is 22.1 Å². The molecule has 0 saturated carbocycles. The van der Waals surface area contributed by atoms with Crippen molar-refractivity contribution in [2.24, 2.45) is 7.05 Å². The van der Waals surface area contributed by atoms with E-state index in [1.54, 1.807) is 23.7 Å². The van der Waals surface area contributed by atoms with Gasteiger partial charge in [0.25, 0.3) is 0 Å². The predicted molar refractivity (Wildman–Crippen MR) is 77.6 cm³/mol. The van der Waals surface area contributed by atoms with Gasteiger partial charge in [-0.2, -0.15) is 4.73 Å². The maximum Gasteiger partial charge on any atom is 0.326 e. The number of fused-ring (bicyclic) bond motifs is 2. The summed E-state index contributed by atoms with van der Waals surface area (Å²) in [5, 5.41) is 11.1. The number of aromatic amines is 2. The number of benzene rings is 1. The first kappa shape index (κ1) is 11.7. The highest BCUT2D eigenvalue weighted by Gasteiger charge is 2.10. The highest BCUT2D eigenvalue weighted by molar-refractivity contribution is 5.92. The minimum atomic E-state index is -0.152. The van der Waals surface area contributed by atoms with Crippen LogP contribution in [0.2, 0.25) is 0 Å². The molecule has 2 N–H and O–H groups in total. The van der Waals surface area contributed by atoms with E-state index in [0.717, 1.165) is 32.4 Å². The molecule has 7 nitrogen and oxygen atoms in total. The van der Waals surface area contributed by atoms with Crippen LogP contribution in [0, 0.1) is 5.21 Å². The van der Waals surface area contributed by atoms with Gasteiger partial charge in [0.2, 0.25) is 0 Å². The molecule has 0 amide bonds. The third kappa shape index (κ3) is 1.71. The number of nitrogens with zero attached hydrogens (tertiary/aromatic N) is 3. The van der Waals surface area contributed by atoms with Crippen LogP contribution < -0.4 is 10.4 Å². The fraction of sp³-hybridized carbons (Fsp3) is 0.0714. The summed E-state index contributed by atoms with van der Waals surface area (Å²) in [6.45, 7) is 0. The Bertz CT molecular complexity index is 1020. The number of hydrogen-bond acceptors (Lipinski definition) is 3. The van der Waals surface area contributed by atoms with Gasteiger partial charge < -0.3 is 15.2 Å². The molecule has 0 aliphatic rings. The lowest BCUT2D eigenvalue weighted by molar-refractivity contribution is -0.605. The van der Waals surface area contributed by atoms with E-state index < -0.39 is 0 Å². The van der Waals surface area contributed by atoms with Gasteiger partial charge >= 0.3 is 5.69 Å². The Labute approximate surface area is 118 Å². The first-order valence-electron chi connectivity index (χ1n) is 6.39. The fourth-order valence-electron chi connectivity index (χ4n) is 2.44. The third-order valence-corrected chi connectivity index (χ3v) is 3.58. The second-order valence-electron chi connectivity index (χ2n) is 4.91. The summed E-state index contributed by atoms with van der Waals surface area (Å²) >= 11 is 0. The molecule has 104 valence electrons. The van der Waals surface area contributed by atoms with Crippen molar-refractivity contribution in [3.8, 4) is 11.4 Å². The van der Waals surface area contributed by atoms with Crippen molar-refractivity contribution in [2.75, 3.05) is 0 Å². The zero-order valence-corrected chi connectivity index (χ0v) is 11.1. The molecule has 4 rings (SSSR count). The van der Waals surface area contributed by atoms with Crippen LogP contribution >= 0.6 is 0 Å². The van der Waals surface area contributed by atoms with E-state index in [-0.39, 0.29) is 5.69 Å². The smallest absolute Gasteiger partial charge is 0.326 e. The van der Waals surface area contributed by atoms with Gasteiger partial charge in [0, 0.05) is 24.7 Å². The van der Waals surface area contributed by atoms with Crippen LogP contribution in [-0.2, 0) is 7.05 Å². The average molecular weight is 281 g/mol. The van der Waals surface area contributed by atoms with Gasteiger partial charge in [-0.25, -0.2) is 9.78 Å². The van der Waals surface area contributed by atoms with Crippen LogP contribution in [-0.4, -0.2) is 19.5 Å². The maximum absolute atomic E-state index is 11.6. The lowest BCUT2D eigenvalue weighted by atomic mass is 10.2. The van der Waals surface area contributed by atoms with E-state index in [1.165, 1.54) is 12.4 Å². The monoisotopic (exact) mass is 281 g/mol. The van der Waals surface area contributed by atoms with Crippen LogP contribution in [0.3, 0.4) is 0 Å². The zero-order chi connectivity index (χ0) is 14.6. The molecule has 3 aromatic heterocycles. The minimum absolute atomic E-state index is 0.152. The fourth-order valence-corrected chi connectivity index (χ4v) is 2.44. The van der Waals surface area contributed by atoms with Crippen LogP contribution in [0.5, 0.6) is 0 Å². The molecular formula is C14H11N5O2. The van der Waals surface area contributed by atoms with E-state index in [2.05, 4.69) is 15.0 Å². The summed E-state index contributed by atoms with van der Waals surface area (Å²) in [4.78, 5) is 22.1. The molecule has 0 spiro atoms. The quantitative estimate of drug-likeness (QED) is 0.403. The molecule has 0 bridgehead atoms. The van der Waals surface area contributed by atoms with E-state index in [1.807, 2.05) is 12.1 Å². The van der Waals surface area contributed by atoms with Crippen LogP contribution in [0.1, 0.15) is 0 Å². The van der Waals surface area contributed by atoms with E-state index in [0.29, 0.717) is 5.82 Å². The van der Waals surface area contributed by atoms with Crippen LogP contribution in [0.15, 0.2) is 41.5 Å². The molecule has 3 heterocycles. The molecular weight excluding hydrogens is 270 g/mol. The molecule has 4 aromatic rings. The second-order valence-corrected chi connectivity index (χ2v) is 4.91. The summed E-state index contributed by atoms with van der Waals surface area (Å²) < 4.78 is 2.27. The van der Waals surface area contributed by atoms with Crippen molar-refractivity contribution < 1.29 is 4.73 Å². The SMILES string of the molecule is Cn1c(=O)[nH]c2cc3[nH]c(-c4cc[n+]([O-])cc4)nc3cc21. The first-order chi connectivity index (χ1) is 10.1. The molecule has 0 aliphatic carbocycles. The Morgan fingerprint density at radius 1 is 1.19 bits per heavy atom. The van der Waals surface area contributed by atoms with Crippen molar-refractivity contribution in [1.82, 2.24) is 19.5 Å². The molecule has 0 unspecified atom stereocenters. The van der Waals surface area contributed by atoms with E-state index >= 15 is 0 Å². The van der Waals surface area contributed by atoms with Crippen molar-refractivity contribution in [3.05, 3.63) is 52.4 Å². The number of hydrogen-bond donors (Lipinski definition) is 2. The number of pyridine rings is 1. The van der Waals surface area contributed by atoms with E-state index in [9.17, 15) is 10.0 Å². The van der Waals surface area contributed by atoms with Gasteiger partial charge in [0.1, 0.15) is 5.82 Å². The first-order valence-corrected chi connectivity index (χ1v) is 6.39. The summed E-state index contributed by atoms with van der Waals surface area (Å²) in [6.07, 6.45) is 2.85. The van der Waals surface area contributed by atoms with E-state index in [4.69, 9.17) is 0 Å². The number of aryl methyl sites for hydroxylation is 1. The molecule has 0 radical (unpaired) electrons. The Balaban J connectivity index is 1.95. The van der Waals surface area contributed by atoms with Crippen molar-refractivity contribution in [2.45, 2.75) is 0 Å². The third-order valence-electron chi connectivity index (χ3n) is 3.58. The Kier molecular flexibility index (Phi) is 2.20. The highest BCUT2D eigenvalue weighted by atomic mass is 16.5. The predicted octanol–water partition coefficient (Wildman–Crippen LogP) is 1.04. The summed E-state index contributed by atoms with van der Waals surface area (Å²) in [5.74, 6) is 0.684. The number of rotatable bonds is 1. The molecule has 1 aromatic carbocycles. The minimum Gasteiger partial charge on any atom is -0.619 e. The summed E-state index contributed by atoms with van der Waals surface area (Å²) in [6, 6.07) is 7.12. The standard InChI is InChI=1S/C14H11N5O2/c1-18-12-7-10-9(6-11(12)17-14(18)20)15-13(16-10)8-2-4-19(21)5-3-8/h2-7H,1H3,(H,15,16)(H,17,20). The van der Waals surface area contributed by atoms with Crippen LogP contribution in [0.25, 0.3) is 33.5 Å². The largest absolute Gasteiger partial charge is 0.619 e. The van der Waals surface area contributed by atoms with Gasteiger partial charge in [-0.05, 0) is 12.1 Å². The van der Waals surface area contributed by atoms with Crippen molar-refractivity contribution >= 4 is 22.1 Å².